The van der Waals surface area contributed by atoms with Crippen molar-refractivity contribution in [3.63, 3.8) is 0 Å². The predicted molar refractivity (Wildman–Crippen MR) is 115 cm³/mol. The summed E-state index contributed by atoms with van der Waals surface area (Å²) in [5.74, 6) is -0.996. The summed E-state index contributed by atoms with van der Waals surface area (Å²) < 4.78 is 7.12. The van der Waals surface area contributed by atoms with Crippen LogP contribution in [0.15, 0.2) is 53.6 Å². The molecule has 2 N–H and O–H groups in total. The molecule has 0 bridgehead atoms. The summed E-state index contributed by atoms with van der Waals surface area (Å²) in [7, 11) is 1.50. The topological polar surface area (TPSA) is 92.9 Å². The first-order chi connectivity index (χ1) is 14.3. The summed E-state index contributed by atoms with van der Waals surface area (Å²) >= 11 is 6.11. The molecule has 8 heteroatoms. The number of benzene rings is 2. The van der Waals surface area contributed by atoms with Crippen LogP contribution in [0.1, 0.15) is 37.7 Å². The number of aromatic nitrogens is 1. The molecule has 154 valence electrons. The van der Waals surface area contributed by atoms with Gasteiger partial charge in [0.1, 0.15) is 5.75 Å². The van der Waals surface area contributed by atoms with Crippen molar-refractivity contribution < 1.29 is 19.4 Å². The van der Waals surface area contributed by atoms with Gasteiger partial charge >= 0.3 is 5.97 Å². The number of hydrogen-bond acceptors (Lipinski definition) is 4. The highest BCUT2D eigenvalue weighted by Gasteiger charge is 2.14. The normalized spacial score (nSPS) is 10.9. The summed E-state index contributed by atoms with van der Waals surface area (Å²) in [4.78, 5) is 23.5. The lowest BCUT2D eigenvalue weighted by Crippen LogP contribution is -2.18. The van der Waals surface area contributed by atoms with Gasteiger partial charge in [0.2, 0.25) is 0 Å². The molecule has 3 aromatic rings. The van der Waals surface area contributed by atoms with Crippen LogP contribution in [0.4, 0.5) is 0 Å². The monoisotopic (exact) mass is 425 g/mol. The largest absolute Gasteiger partial charge is 0.496 e. The number of aromatic carboxylic acids is 1. The number of para-hydroxylation sites is 1. The Balaban J connectivity index is 1.83. The van der Waals surface area contributed by atoms with Gasteiger partial charge in [0.25, 0.3) is 5.91 Å². The minimum atomic E-state index is -1.08. The molecule has 7 nitrogen and oxygen atoms in total. The Morgan fingerprint density at radius 1 is 1.13 bits per heavy atom. The lowest BCUT2D eigenvalue weighted by molar-refractivity contribution is 0.0696. The maximum Gasteiger partial charge on any atom is 0.337 e. The zero-order valence-electron chi connectivity index (χ0n) is 16.6. The number of carboxylic acids is 1. The first-order valence-corrected chi connectivity index (χ1v) is 9.40. The van der Waals surface area contributed by atoms with Crippen LogP contribution in [0.2, 0.25) is 5.02 Å². The second kappa shape index (κ2) is 8.84. The Morgan fingerprint density at radius 2 is 1.87 bits per heavy atom. The van der Waals surface area contributed by atoms with Gasteiger partial charge in [0, 0.05) is 22.6 Å². The number of hydrogen-bond donors (Lipinski definition) is 2. The molecule has 0 spiro atoms. The molecule has 0 radical (unpaired) electrons. The molecule has 0 saturated heterocycles. The highest BCUT2D eigenvalue weighted by atomic mass is 35.5. The first-order valence-electron chi connectivity index (χ1n) is 9.02. The molecule has 0 unspecified atom stereocenters. The molecule has 3 rings (SSSR count). The number of carboxylic acid groups (broad SMARTS) is 1. The van der Waals surface area contributed by atoms with Crippen LogP contribution in [-0.4, -0.2) is 34.9 Å². The maximum absolute atomic E-state index is 12.3. The van der Waals surface area contributed by atoms with E-state index in [2.05, 4.69) is 10.5 Å². The number of nitrogens with one attached hydrogen (secondary N) is 1. The quantitative estimate of drug-likeness (QED) is 0.457. The fourth-order valence-electron chi connectivity index (χ4n) is 3.19. The Labute approximate surface area is 178 Å². The SMILES string of the molecule is COc1ccccc1C(=O)N/N=C\c1cc(C)n(-c2ccc(C(=O)O)c(Cl)c2)c1C. The van der Waals surface area contributed by atoms with Gasteiger partial charge in [-0.1, -0.05) is 23.7 Å². The number of carbonyl (C=O) groups excluding carboxylic acids is 1. The van der Waals surface area contributed by atoms with Gasteiger partial charge in [-0.3, -0.25) is 4.79 Å². The van der Waals surface area contributed by atoms with Crippen LogP contribution < -0.4 is 10.2 Å². The van der Waals surface area contributed by atoms with Gasteiger partial charge in [-0.05, 0) is 50.2 Å². The highest BCUT2D eigenvalue weighted by Crippen LogP contribution is 2.25. The summed E-state index contributed by atoms with van der Waals surface area (Å²) in [5, 5.41) is 13.4. The van der Waals surface area contributed by atoms with Crippen LogP contribution in [0.25, 0.3) is 5.69 Å². The molecule has 0 aliphatic rings. The number of nitrogens with zero attached hydrogens (tertiary/aromatic N) is 2. The van der Waals surface area contributed by atoms with Gasteiger partial charge in [-0.2, -0.15) is 5.10 Å². The van der Waals surface area contributed by atoms with Crippen molar-refractivity contribution in [3.8, 4) is 11.4 Å². The molecule has 30 heavy (non-hydrogen) atoms. The molecule has 1 heterocycles. The fraction of sp³-hybridized carbons (Fsp3) is 0.136. The Morgan fingerprint density at radius 3 is 2.53 bits per heavy atom. The molecule has 1 aromatic heterocycles. The fourth-order valence-corrected chi connectivity index (χ4v) is 3.44. The molecular weight excluding hydrogens is 406 g/mol. The predicted octanol–water partition coefficient (Wildman–Crippen LogP) is 4.22. The number of rotatable bonds is 6. The summed E-state index contributed by atoms with van der Waals surface area (Å²) in [6.07, 6.45) is 1.55. The molecule has 0 aliphatic carbocycles. The van der Waals surface area contributed by atoms with E-state index in [1.54, 1.807) is 42.6 Å². The van der Waals surface area contributed by atoms with Crippen molar-refractivity contribution in [1.82, 2.24) is 9.99 Å². The number of halogens is 1. The molecule has 0 aliphatic heterocycles. The number of amides is 1. The van der Waals surface area contributed by atoms with E-state index < -0.39 is 5.97 Å². The summed E-state index contributed by atoms with van der Waals surface area (Å²) in [6.45, 7) is 3.81. The van der Waals surface area contributed by atoms with E-state index in [-0.39, 0.29) is 16.5 Å². The second-order valence-electron chi connectivity index (χ2n) is 6.53. The average Bonchev–Trinajstić information content (AvgIpc) is 3.00. The Hall–Kier alpha value is -3.58. The minimum absolute atomic E-state index is 0.0451. The zero-order chi connectivity index (χ0) is 21.8. The number of methoxy groups -OCH3 is 1. The number of aryl methyl sites for hydroxylation is 1. The van der Waals surface area contributed by atoms with Gasteiger partial charge < -0.3 is 14.4 Å². The number of ether oxygens (including phenoxy) is 1. The first kappa shape index (κ1) is 21.1. The van der Waals surface area contributed by atoms with Crippen LogP contribution in [0, 0.1) is 13.8 Å². The number of carbonyl (C=O) groups is 2. The van der Waals surface area contributed by atoms with Crippen molar-refractivity contribution in [2.45, 2.75) is 13.8 Å². The third kappa shape index (κ3) is 4.21. The van der Waals surface area contributed by atoms with E-state index in [1.807, 2.05) is 24.5 Å². The molecular formula is C22H20ClN3O4. The Kier molecular flexibility index (Phi) is 6.23. The van der Waals surface area contributed by atoms with E-state index >= 15 is 0 Å². The molecule has 0 saturated carbocycles. The summed E-state index contributed by atoms with van der Waals surface area (Å²) in [5.41, 5.74) is 6.23. The third-order valence-corrected chi connectivity index (χ3v) is 4.95. The molecule has 0 fully saturated rings. The maximum atomic E-state index is 12.3. The lowest BCUT2D eigenvalue weighted by atomic mass is 10.2. The van der Waals surface area contributed by atoms with Crippen LogP contribution in [0.3, 0.4) is 0 Å². The van der Waals surface area contributed by atoms with Gasteiger partial charge in [-0.15, -0.1) is 0 Å². The molecule has 0 atom stereocenters. The lowest BCUT2D eigenvalue weighted by Gasteiger charge is -2.11. The van der Waals surface area contributed by atoms with E-state index in [4.69, 9.17) is 21.4 Å². The summed E-state index contributed by atoms with van der Waals surface area (Å²) in [6, 6.07) is 13.6. The number of hydrazone groups is 1. The van der Waals surface area contributed by atoms with Crippen molar-refractivity contribution in [1.29, 1.82) is 0 Å². The van der Waals surface area contributed by atoms with Gasteiger partial charge in [-0.25, -0.2) is 10.2 Å². The highest BCUT2D eigenvalue weighted by molar-refractivity contribution is 6.33. The van der Waals surface area contributed by atoms with Crippen molar-refractivity contribution in [3.05, 3.63) is 81.6 Å². The van der Waals surface area contributed by atoms with Gasteiger partial charge in [0.05, 0.1) is 29.5 Å². The third-order valence-electron chi connectivity index (χ3n) is 4.63. The smallest absolute Gasteiger partial charge is 0.337 e. The van der Waals surface area contributed by atoms with Crippen LogP contribution >= 0.6 is 11.6 Å². The van der Waals surface area contributed by atoms with Crippen LogP contribution in [-0.2, 0) is 0 Å². The zero-order valence-corrected chi connectivity index (χ0v) is 17.4. The second-order valence-corrected chi connectivity index (χ2v) is 6.94. The van der Waals surface area contributed by atoms with E-state index in [0.29, 0.717) is 11.3 Å². The van der Waals surface area contributed by atoms with Crippen LogP contribution in [0.5, 0.6) is 5.75 Å². The van der Waals surface area contributed by atoms with Crippen molar-refractivity contribution in [2.75, 3.05) is 7.11 Å². The van der Waals surface area contributed by atoms with Gasteiger partial charge in [0.15, 0.2) is 0 Å². The molecule has 1 amide bonds. The van der Waals surface area contributed by atoms with E-state index in [9.17, 15) is 9.59 Å². The molecule has 2 aromatic carbocycles. The standard InChI is InChI=1S/C22H20ClN3O4/c1-13-10-15(12-24-25-21(27)18-6-4-5-7-20(18)30-3)14(2)26(13)16-8-9-17(22(28)29)19(23)11-16/h4-12H,1-3H3,(H,25,27)(H,28,29)/b24-12-. The van der Waals surface area contributed by atoms with E-state index in [1.165, 1.54) is 13.2 Å². The minimum Gasteiger partial charge on any atom is -0.496 e. The van der Waals surface area contributed by atoms with Crippen molar-refractivity contribution in [2.24, 2.45) is 5.10 Å². The Bertz CT molecular complexity index is 1150. The average molecular weight is 426 g/mol. The van der Waals surface area contributed by atoms with Crippen molar-refractivity contribution >= 4 is 29.7 Å². The van der Waals surface area contributed by atoms with E-state index in [0.717, 1.165) is 22.6 Å².